The van der Waals surface area contributed by atoms with Crippen molar-refractivity contribution in [1.82, 2.24) is 5.32 Å². The third kappa shape index (κ3) is 3.86. The number of hydrogen-bond donors (Lipinski definition) is 3. The number of aliphatic hydroxyl groups excluding tert-OH is 1. The Hall–Kier alpha value is -2.70. The number of para-hydroxylation sites is 1. The minimum absolute atomic E-state index is 0.0841. The molecular weight excluding hydrogens is 342 g/mol. The molecule has 0 saturated carbocycles. The van der Waals surface area contributed by atoms with Gasteiger partial charge in [0.25, 0.3) is 0 Å². The van der Waals surface area contributed by atoms with Crippen LogP contribution in [0.5, 0.6) is 0 Å². The van der Waals surface area contributed by atoms with Crippen LogP contribution in [0.2, 0.25) is 0 Å². The molecule has 0 aromatic heterocycles. The average molecular weight is 365 g/mol. The van der Waals surface area contributed by atoms with Gasteiger partial charge in [0.1, 0.15) is 0 Å². The Kier molecular flexibility index (Phi) is 4.92. The first-order valence-electron chi connectivity index (χ1n) is 9.29. The van der Waals surface area contributed by atoms with E-state index in [1.807, 2.05) is 47.4 Å². The fourth-order valence-electron chi connectivity index (χ4n) is 3.72. The number of fused-ring (bicyclic) bond motifs is 1. The van der Waals surface area contributed by atoms with Crippen LogP contribution >= 0.6 is 0 Å². The maximum absolute atomic E-state index is 12.7. The van der Waals surface area contributed by atoms with E-state index in [0.717, 1.165) is 24.2 Å². The molecule has 2 aliphatic heterocycles. The minimum atomic E-state index is -0.468. The lowest BCUT2D eigenvalue weighted by molar-refractivity contribution is -0.118. The zero-order valence-corrected chi connectivity index (χ0v) is 15.0. The van der Waals surface area contributed by atoms with Crippen LogP contribution in [-0.2, 0) is 22.4 Å². The zero-order valence-electron chi connectivity index (χ0n) is 15.0. The lowest BCUT2D eigenvalue weighted by Crippen LogP contribution is -2.35. The minimum Gasteiger partial charge on any atom is -0.392 e. The highest BCUT2D eigenvalue weighted by Gasteiger charge is 2.28. The van der Waals surface area contributed by atoms with Gasteiger partial charge >= 0.3 is 0 Å². The Balaban J connectivity index is 1.35. The van der Waals surface area contributed by atoms with Gasteiger partial charge in [-0.1, -0.05) is 30.3 Å². The summed E-state index contributed by atoms with van der Waals surface area (Å²) in [5.41, 5.74) is 3.83. The number of anilines is 2. The van der Waals surface area contributed by atoms with Crippen LogP contribution in [0.1, 0.15) is 17.5 Å². The molecule has 4 rings (SSSR count). The molecule has 6 heteroatoms. The summed E-state index contributed by atoms with van der Waals surface area (Å²) >= 11 is 0. The predicted molar refractivity (Wildman–Crippen MR) is 104 cm³/mol. The number of nitrogens with zero attached hydrogens (tertiary/aromatic N) is 1. The Labute approximate surface area is 158 Å². The van der Waals surface area contributed by atoms with E-state index in [2.05, 4.69) is 16.7 Å². The molecule has 27 heavy (non-hydrogen) atoms. The molecule has 2 atom stereocenters. The number of rotatable bonds is 4. The standard InChI is InChI=1S/C21H23N3O3/c25-17-12-18(22-13-17)21(27)23-16-7-5-14(6-8-16)11-20(26)24-10-9-15-3-1-2-4-19(15)24/h1-8,17-18,22,25H,9-13H2,(H,23,27). The largest absolute Gasteiger partial charge is 0.392 e. The van der Waals surface area contributed by atoms with Crippen molar-refractivity contribution in [3.8, 4) is 0 Å². The molecular formula is C21H23N3O3. The van der Waals surface area contributed by atoms with Crippen LogP contribution in [0, 0.1) is 0 Å². The van der Waals surface area contributed by atoms with Crippen LogP contribution < -0.4 is 15.5 Å². The second kappa shape index (κ2) is 7.50. The van der Waals surface area contributed by atoms with Crippen molar-refractivity contribution < 1.29 is 14.7 Å². The van der Waals surface area contributed by atoms with Gasteiger partial charge in [0, 0.05) is 24.5 Å². The van der Waals surface area contributed by atoms with Crippen molar-refractivity contribution in [1.29, 1.82) is 0 Å². The summed E-state index contributed by atoms with van der Waals surface area (Å²) in [4.78, 5) is 26.7. The maximum Gasteiger partial charge on any atom is 0.241 e. The number of benzene rings is 2. The smallest absolute Gasteiger partial charge is 0.241 e. The molecule has 2 heterocycles. The molecule has 0 aliphatic carbocycles. The van der Waals surface area contributed by atoms with Gasteiger partial charge in [-0.3, -0.25) is 9.59 Å². The van der Waals surface area contributed by atoms with Gasteiger partial charge in [-0.15, -0.1) is 0 Å². The highest BCUT2D eigenvalue weighted by Crippen LogP contribution is 2.28. The first kappa shape index (κ1) is 17.7. The topological polar surface area (TPSA) is 81.7 Å². The van der Waals surface area contributed by atoms with Gasteiger partial charge in [-0.2, -0.15) is 0 Å². The summed E-state index contributed by atoms with van der Waals surface area (Å²) in [5.74, 6) is -0.0649. The maximum atomic E-state index is 12.7. The second-order valence-electron chi connectivity index (χ2n) is 7.14. The third-order valence-electron chi connectivity index (χ3n) is 5.19. The Morgan fingerprint density at radius 3 is 2.67 bits per heavy atom. The molecule has 0 spiro atoms. The molecule has 2 unspecified atom stereocenters. The van der Waals surface area contributed by atoms with Crippen LogP contribution in [0.15, 0.2) is 48.5 Å². The third-order valence-corrected chi connectivity index (χ3v) is 5.19. The molecule has 3 N–H and O–H groups in total. The van der Waals surface area contributed by atoms with Crippen molar-refractivity contribution in [3.63, 3.8) is 0 Å². The van der Waals surface area contributed by atoms with E-state index in [9.17, 15) is 14.7 Å². The number of carbonyl (C=O) groups is 2. The van der Waals surface area contributed by atoms with Gasteiger partial charge in [-0.05, 0) is 42.2 Å². The highest BCUT2D eigenvalue weighted by atomic mass is 16.3. The molecule has 1 fully saturated rings. The summed E-state index contributed by atoms with van der Waals surface area (Å²) in [7, 11) is 0. The van der Waals surface area contributed by atoms with Crippen LogP contribution in [0.4, 0.5) is 11.4 Å². The molecule has 2 aromatic carbocycles. The molecule has 6 nitrogen and oxygen atoms in total. The molecule has 2 amide bonds. The van der Waals surface area contributed by atoms with Gasteiger partial charge in [0.15, 0.2) is 0 Å². The van der Waals surface area contributed by atoms with Gasteiger partial charge in [0.2, 0.25) is 11.8 Å². The SMILES string of the molecule is O=C(Nc1ccc(CC(=O)N2CCc3ccccc32)cc1)C1CC(O)CN1. The van der Waals surface area contributed by atoms with E-state index in [0.29, 0.717) is 25.1 Å². The van der Waals surface area contributed by atoms with Crippen molar-refractivity contribution >= 4 is 23.2 Å². The van der Waals surface area contributed by atoms with Crippen molar-refractivity contribution in [2.24, 2.45) is 0 Å². The van der Waals surface area contributed by atoms with Crippen molar-refractivity contribution in [2.75, 3.05) is 23.3 Å². The molecule has 0 bridgehead atoms. The summed E-state index contributed by atoms with van der Waals surface area (Å²) in [6.07, 6.45) is 1.19. The number of nitrogens with one attached hydrogen (secondary N) is 2. The van der Waals surface area contributed by atoms with Crippen LogP contribution in [0.3, 0.4) is 0 Å². The number of β-amino-alcohol motifs (C(OH)–C–C–N with tert-alkyl or cyclic N) is 1. The van der Waals surface area contributed by atoms with E-state index >= 15 is 0 Å². The Morgan fingerprint density at radius 1 is 1.15 bits per heavy atom. The number of hydrogen-bond acceptors (Lipinski definition) is 4. The first-order chi connectivity index (χ1) is 13.1. The summed E-state index contributed by atoms with van der Waals surface area (Å²) in [5, 5.41) is 15.3. The van der Waals surface area contributed by atoms with Crippen molar-refractivity contribution in [2.45, 2.75) is 31.4 Å². The summed E-state index contributed by atoms with van der Waals surface area (Å²) < 4.78 is 0. The van der Waals surface area contributed by atoms with E-state index in [1.54, 1.807) is 0 Å². The quantitative estimate of drug-likeness (QED) is 0.767. The van der Waals surface area contributed by atoms with Crippen LogP contribution in [-0.4, -0.2) is 42.2 Å². The molecule has 1 saturated heterocycles. The average Bonchev–Trinajstić information content (AvgIpc) is 3.29. The van der Waals surface area contributed by atoms with Crippen molar-refractivity contribution in [3.05, 3.63) is 59.7 Å². The number of aliphatic hydroxyl groups is 1. The fourth-order valence-corrected chi connectivity index (χ4v) is 3.72. The van der Waals surface area contributed by atoms with Gasteiger partial charge in [0.05, 0.1) is 18.6 Å². The Morgan fingerprint density at radius 2 is 1.93 bits per heavy atom. The summed E-state index contributed by atoms with van der Waals surface area (Å²) in [6.45, 7) is 1.17. The molecule has 2 aromatic rings. The van der Waals surface area contributed by atoms with E-state index in [-0.39, 0.29) is 17.9 Å². The number of amides is 2. The van der Waals surface area contributed by atoms with E-state index in [1.165, 1.54) is 5.56 Å². The van der Waals surface area contributed by atoms with Gasteiger partial charge < -0.3 is 20.6 Å². The zero-order chi connectivity index (χ0) is 18.8. The lowest BCUT2D eigenvalue weighted by atomic mass is 10.1. The highest BCUT2D eigenvalue weighted by molar-refractivity contribution is 5.97. The van der Waals surface area contributed by atoms with Crippen LogP contribution in [0.25, 0.3) is 0 Å². The monoisotopic (exact) mass is 365 g/mol. The molecule has 140 valence electrons. The van der Waals surface area contributed by atoms with E-state index in [4.69, 9.17) is 0 Å². The first-order valence-corrected chi connectivity index (χ1v) is 9.29. The lowest BCUT2D eigenvalue weighted by Gasteiger charge is -2.17. The second-order valence-corrected chi connectivity index (χ2v) is 7.14. The summed E-state index contributed by atoms with van der Waals surface area (Å²) in [6, 6.07) is 15.0. The normalized spacial score (nSPS) is 21.1. The van der Waals surface area contributed by atoms with E-state index < -0.39 is 6.10 Å². The molecule has 2 aliphatic rings. The van der Waals surface area contributed by atoms with Gasteiger partial charge in [-0.25, -0.2) is 0 Å². The Bertz CT molecular complexity index is 850. The molecule has 0 radical (unpaired) electrons. The number of carbonyl (C=O) groups excluding carboxylic acids is 2. The predicted octanol–water partition coefficient (Wildman–Crippen LogP) is 1.48. The fraction of sp³-hybridized carbons (Fsp3) is 0.333.